The number of nitrogens with zero attached hydrogens (tertiary/aromatic N) is 1. The highest BCUT2D eigenvalue weighted by Crippen LogP contribution is 2.28. The van der Waals surface area contributed by atoms with Crippen LogP contribution in [0.3, 0.4) is 0 Å². The van der Waals surface area contributed by atoms with E-state index >= 15 is 0 Å². The van der Waals surface area contributed by atoms with E-state index in [9.17, 15) is 4.39 Å². The van der Waals surface area contributed by atoms with Crippen molar-refractivity contribution in [3.63, 3.8) is 0 Å². The smallest absolute Gasteiger partial charge is 0.165 e. The van der Waals surface area contributed by atoms with Gasteiger partial charge in [-0.15, -0.1) is 0 Å². The van der Waals surface area contributed by atoms with Crippen molar-refractivity contribution in [1.29, 1.82) is 0 Å². The molecule has 0 unspecified atom stereocenters. The average molecular weight is 280 g/mol. The third kappa shape index (κ3) is 3.06. The Labute approximate surface area is 121 Å². The van der Waals surface area contributed by atoms with Crippen molar-refractivity contribution in [3.05, 3.63) is 24.0 Å². The highest BCUT2D eigenvalue weighted by Gasteiger charge is 2.30. The van der Waals surface area contributed by atoms with Crippen molar-refractivity contribution in [1.82, 2.24) is 5.32 Å². The summed E-state index contributed by atoms with van der Waals surface area (Å²) in [5.41, 5.74) is 1.19. The number of hydrogen-bond acceptors (Lipinski definition) is 3. The first-order valence-electron chi connectivity index (χ1n) is 7.47. The highest BCUT2D eigenvalue weighted by atomic mass is 19.1. The lowest BCUT2D eigenvalue weighted by molar-refractivity contribution is 0.321. The van der Waals surface area contributed by atoms with Crippen LogP contribution in [0.5, 0.6) is 5.75 Å². The van der Waals surface area contributed by atoms with E-state index in [1.54, 1.807) is 6.07 Å². The van der Waals surface area contributed by atoms with Crippen LogP contribution < -0.4 is 15.0 Å². The fourth-order valence-electron chi connectivity index (χ4n) is 2.91. The summed E-state index contributed by atoms with van der Waals surface area (Å²) in [6.07, 6.45) is 3.29. The molecule has 1 aliphatic rings. The maximum atomic E-state index is 13.5. The molecule has 0 bridgehead atoms. The number of ether oxygens (including phenoxy) is 1. The predicted octanol–water partition coefficient (Wildman–Crippen LogP) is 3.19. The number of benzene rings is 1. The Morgan fingerprint density at radius 1 is 1.35 bits per heavy atom. The van der Waals surface area contributed by atoms with E-state index in [0.717, 1.165) is 44.6 Å². The molecule has 112 valence electrons. The normalized spacial score (nSPS) is 18.7. The minimum atomic E-state index is -0.304. The van der Waals surface area contributed by atoms with E-state index in [-0.39, 0.29) is 11.4 Å². The van der Waals surface area contributed by atoms with Crippen LogP contribution in [0.15, 0.2) is 18.2 Å². The van der Waals surface area contributed by atoms with Crippen molar-refractivity contribution < 1.29 is 9.13 Å². The van der Waals surface area contributed by atoms with Gasteiger partial charge in [0.15, 0.2) is 11.6 Å². The first kappa shape index (κ1) is 15.1. The number of hydrogen-bond donors (Lipinski definition) is 1. The van der Waals surface area contributed by atoms with E-state index in [4.69, 9.17) is 4.74 Å². The summed E-state index contributed by atoms with van der Waals surface area (Å²) in [6.45, 7) is 7.44. The molecule has 2 rings (SSSR count). The molecule has 1 aromatic carbocycles. The number of methoxy groups -OCH3 is 1. The second-order valence-electron chi connectivity index (χ2n) is 5.51. The summed E-state index contributed by atoms with van der Waals surface area (Å²) in [4.78, 5) is 2.34. The van der Waals surface area contributed by atoms with Crippen molar-refractivity contribution in [2.45, 2.75) is 38.6 Å². The summed E-state index contributed by atoms with van der Waals surface area (Å²) in [7, 11) is 1.51. The van der Waals surface area contributed by atoms with Crippen LogP contribution in [-0.4, -0.2) is 32.3 Å². The van der Waals surface area contributed by atoms with Gasteiger partial charge in [0.2, 0.25) is 0 Å². The van der Waals surface area contributed by atoms with Gasteiger partial charge < -0.3 is 15.0 Å². The molecule has 0 aromatic heterocycles. The summed E-state index contributed by atoms with van der Waals surface area (Å²) >= 11 is 0. The van der Waals surface area contributed by atoms with Gasteiger partial charge in [0.25, 0.3) is 0 Å². The Bertz CT molecular complexity index is 446. The molecule has 0 spiro atoms. The number of nitrogens with one attached hydrogen (secondary N) is 1. The van der Waals surface area contributed by atoms with Gasteiger partial charge in [-0.2, -0.15) is 0 Å². The highest BCUT2D eigenvalue weighted by molar-refractivity contribution is 5.52. The quantitative estimate of drug-likeness (QED) is 0.916. The fraction of sp³-hybridized carbons (Fsp3) is 0.625. The second-order valence-corrected chi connectivity index (χ2v) is 5.51. The molecule has 0 radical (unpaired) electrons. The zero-order valence-corrected chi connectivity index (χ0v) is 12.7. The molecule has 4 heteroatoms. The molecular weight excluding hydrogens is 255 g/mol. The minimum Gasteiger partial charge on any atom is -0.494 e. The van der Waals surface area contributed by atoms with Crippen LogP contribution in [0, 0.1) is 5.82 Å². The third-order valence-electron chi connectivity index (χ3n) is 4.45. The molecule has 1 heterocycles. The molecule has 1 fully saturated rings. The zero-order chi connectivity index (χ0) is 14.6. The van der Waals surface area contributed by atoms with Crippen LogP contribution >= 0.6 is 0 Å². The van der Waals surface area contributed by atoms with E-state index < -0.39 is 0 Å². The van der Waals surface area contributed by atoms with E-state index in [1.807, 2.05) is 6.07 Å². The van der Waals surface area contributed by atoms with Crippen LogP contribution in [0.4, 0.5) is 10.1 Å². The van der Waals surface area contributed by atoms with Crippen molar-refractivity contribution in [2.24, 2.45) is 0 Å². The Balaban J connectivity index is 2.26. The van der Waals surface area contributed by atoms with E-state index in [0.29, 0.717) is 5.75 Å². The maximum absolute atomic E-state index is 13.5. The molecular formula is C16H25FN2O. The first-order valence-corrected chi connectivity index (χ1v) is 7.47. The Kier molecular flexibility index (Phi) is 4.86. The van der Waals surface area contributed by atoms with Crippen LogP contribution in [-0.2, 0) is 0 Å². The van der Waals surface area contributed by atoms with Gasteiger partial charge in [-0.25, -0.2) is 4.39 Å². The van der Waals surface area contributed by atoms with Crippen LogP contribution in [0.1, 0.15) is 33.1 Å². The molecule has 1 N–H and O–H groups in total. The maximum Gasteiger partial charge on any atom is 0.165 e. The minimum absolute atomic E-state index is 0.151. The van der Waals surface area contributed by atoms with Crippen molar-refractivity contribution >= 4 is 5.69 Å². The fourth-order valence-corrected chi connectivity index (χ4v) is 2.91. The lowest BCUT2D eigenvalue weighted by atomic mass is 9.92. The average Bonchev–Trinajstić information content (AvgIpc) is 2.71. The summed E-state index contributed by atoms with van der Waals surface area (Å²) in [6, 6.07) is 5.14. The Morgan fingerprint density at radius 2 is 2.10 bits per heavy atom. The lowest BCUT2D eigenvalue weighted by Gasteiger charge is -2.36. The third-order valence-corrected chi connectivity index (χ3v) is 4.45. The standard InChI is InChI=1S/C16H25FN2O/c1-4-16(5-2)12-19(10-6-9-18-16)13-7-8-14(17)15(11-13)20-3/h7-8,11,18H,4-6,9-10,12H2,1-3H3. The van der Waals surface area contributed by atoms with Gasteiger partial charge >= 0.3 is 0 Å². The second kappa shape index (κ2) is 6.44. The SMILES string of the molecule is CCC1(CC)CN(c2ccc(F)c(OC)c2)CCCN1. The summed E-state index contributed by atoms with van der Waals surface area (Å²) in [5.74, 6) is 0.0137. The first-order chi connectivity index (χ1) is 9.64. The molecule has 0 aliphatic carbocycles. The van der Waals surface area contributed by atoms with Gasteiger partial charge in [0.1, 0.15) is 0 Å². The number of anilines is 1. The Hall–Kier alpha value is -1.29. The molecule has 1 saturated heterocycles. The summed E-state index contributed by atoms with van der Waals surface area (Å²) in [5, 5.41) is 3.69. The van der Waals surface area contributed by atoms with Gasteiger partial charge in [-0.05, 0) is 37.9 Å². The van der Waals surface area contributed by atoms with Crippen molar-refractivity contribution in [3.8, 4) is 5.75 Å². The molecule has 0 amide bonds. The zero-order valence-electron chi connectivity index (χ0n) is 12.7. The van der Waals surface area contributed by atoms with E-state index in [1.165, 1.54) is 13.2 Å². The van der Waals surface area contributed by atoms with Crippen LogP contribution in [0.25, 0.3) is 0 Å². The molecule has 20 heavy (non-hydrogen) atoms. The van der Waals surface area contributed by atoms with E-state index in [2.05, 4.69) is 24.1 Å². The lowest BCUT2D eigenvalue weighted by Crippen LogP contribution is -2.50. The molecule has 3 nitrogen and oxygen atoms in total. The van der Waals surface area contributed by atoms with Gasteiger partial charge in [-0.3, -0.25) is 0 Å². The molecule has 1 aromatic rings. The topological polar surface area (TPSA) is 24.5 Å². The van der Waals surface area contributed by atoms with Gasteiger partial charge in [0.05, 0.1) is 7.11 Å². The van der Waals surface area contributed by atoms with Crippen LogP contribution in [0.2, 0.25) is 0 Å². The number of halogens is 1. The predicted molar refractivity (Wildman–Crippen MR) is 81.1 cm³/mol. The number of rotatable bonds is 4. The molecule has 0 saturated carbocycles. The van der Waals surface area contributed by atoms with Crippen molar-refractivity contribution in [2.75, 3.05) is 31.6 Å². The monoisotopic (exact) mass is 280 g/mol. The molecule has 1 aliphatic heterocycles. The van der Waals surface area contributed by atoms with Gasteiger partial charge in [0, 0.05) is 30.4 Å². The van der Waals surface area contributed by atoms with Gasteiger partial charge in [-0.1, -0.05) is 13.8 Å². The summed E-state index contributed by atoms with van der Waals surface area (Å²) < 4.78 is 18.6. The largest absolute Gasteiger partial charge is 0.494 e. The molecule has 0 atom stereocenters. The Morgan fingerprint density at radius 3 is 2.75 bits per heavy atom.